The van der Waals surface area contributed by atoms with Crippen molar-refractivity contribution in [2.45, 2.75) is 18.9 Å². The molecule has 2 saturated heterocycles. The van der Waals surface area contributed by atoms with Crippen LogP contribution in [-0.2, 0) is 4.79 Å². The topological polar surface area (TPSA) is 49.3 Å². The van der Waals surface area contributed by atoms with Gasteiger partial charge in [0.2, 0.25) is 0 Å². The number of thioether (sulfide) groups is 1. The van der Waals surface area contributed by atoms with Crippen LogP contribution in [0.5, 0.6) is 0 Å². The van der Waals surface area contributed by atoms with E-state index in [9.17, 15) is 4.79 Å². The molecule has 0 aromatic heterocycles. The fraction of sp³-hybridized carbons (Fsp3) is 0.875. The third kappa shape index (κ3) is 1.33. The molecule has 1 spiro atoms. The minimum atomic E-state index is -0.691. The molecule has 2 rings (SSSR count). The molecule has 0 aromatic carbocycles. The minimum absolute atomic E-state index is 0.288. The number of aliphatic carboxylic acids is 1. The number of hydrogen-bond acceptors (Lipinski definition) is 3. The van der Waals surface area contributed by atoms with Gasteiger partial charge in [-0.2, -0.15) is 11.8 Å². The predicted molar refractivity (Wildman–Crippen MR) is 48.4 cm³/mol. The monoisotopic (exact) mass is 187 g/mol. The Labute approximate surface area is 75.9 Å². The SMILES string of the molecule is O=C(O)C1CC2(CCSC2)CN1. The number of carbonyl (C=O) groups is 1. The lowest BCUT2D eigenvalue weighted by atomic mass is 9.85. The van der Waals surface area contributed by atoms with Crippen molar-refractivity contribution in [2.75, 3.05) is 18.1 Å². The molecule has 3 nitrogen and oxygen atoms in total. The summed E-state index contributed by atoms with van der Waals surface area (Å²) in [4.78, 5) is 10.7. The van der Waals surface area contributed by atoms with Crippen LogP contribution < -0.4 is 5.32 Å². The second-order valence-electron chi connectivity index (χ2n) is 3.78. The summed E-state index contributed by atoms with van der Waals surface area (Å²) in [6.07, 6.45) is 2.02. The summed E-state index contributed by atoms with van der Waals surface area (Å²) in [5.74, 6) is 1.65. The van der Waals surface area contributed by atoms with E-state index in [1.807, 2.05) is 11.8 Å². The summed E-state index contributed by atoms with van der Waals surface area (Å²) >= 11 is 1.95. The van der Waals surface area contributed by atoms with Crippen LogP contribution in [0.2, 0.25) is 0 Å². The van der Waals surface area contributed by atoms with Gasteiger partial charge in [0, 0.05) is 12.3 Å². The summed E-state index contributed by atoms with van der Waals surface area (Å²) < 4.78 is 0. The number of hydrogen-bond donors (Lipinski definition) is 2. The van der Waals surface area contributed by atoms with Crippen LogP contribution >= 0.6 is 11.8 Å². The average Bonchev–Trinajstić information content (AvgIpc) is 2.62. The zero-order chi connectivity index (χ0) is 8.60. The fourth-order valence-electron chi connectivity index (χ4n) is 2.04. The van der Waals surface area contributed by atoms with Crippen LogP contribution in [0, 0.1) is 5.41 Å². The van der Waals surface area contributed by atoms with E-state index in [1.54, 1.807) is 0 Å². The standard InChI is InChI=1S/C8H13NO2S/c10-7(11)6-3-8(4-9-6)1-2-12-5-8/h6,9H,1-5H2,(H,10,11). The highest BCUT2D eigenvalue weighted by molar-refractivity contribution is 7.99. The first-order chi connectivity index (χ1) is 5.72. The first-order valence-corrected chi connectivity index (χ1v) is 5.41. The van der Waals surface area contributed by atoms with E-state index in [-0.39, 0.29) is 6.04 Å². The van der Waals surface area contributed by atoms with Gasteiger partial charge in [-0.25, -0.2) is 0 Å². The molecule has 0 aliphatic carbocycles. The molecular weight excluding hydrogens is 174 g/mol. The molecule has 4 heteroatoms. The van der Waals surface area contributed by atoms with E-state index in [2.05, 4.69) is 5.32 Å². The second kappa shape index (κ2) is 2.92. The molecule has 2 heterocycles. The number of nitrogens with one attached hydrogen (secondary N) is 1. The molecular formula is C8H13NO2S. The number of carboxylic acids is 1. The maximum absolute atomic E-state index is 10.7. The highest BCUT2D eigenvalue weighted by atomic mass is 32.2. The highest BCUT2D eigenvalue weighted by Gasteiger charge is 2.43. The molecule has 0 amide bonds. The van der Waals surface area contributed by atoms with Crippen LogP contribution in [0.3, 0.4) is 0 Å². The Balaban J connectivity index is 2.01. The van der Waals surface area contributed by atoms with Gasteiger partial charge in [0.05, 0.1) is 0 Å². The van der Waals surface area contributed by atoms with Gasteiger partial charge < -0.3 is 10.4 Å². The lowest BCUT2D eigenvalue weighted by Gasteiger charge is -2.19. The van der Waals surface area contributed by atoms with Crippen molar-refractivity contribution in [1.82, 2.24) is 5.32 Å². The van der Waals surface area contributed by atoms with Gasteiger partial charge in [-0.1, -0.05) is 0 Å². The van der Waals surface area contributed by atoms with Crippen molar-refractivity contribution in [3.8, 4) is 0 Å². The highest BCUT2D eigenvalue weighted by Crippen LogP contribution is 2.42. The van der Waals surface area contributed by atoms with E-state index in [0.29, 0.717) is 5.41 Å². The van der Waals surface area contributed by atoms with E-state index in [0.717, 1.165) is 18.7 Å². The first kappa shape index (κ1) is 8.38. The van der Waals surface area contributed by atoms with Gasteiger partial charge in [0.1, 0.15) is 6.04 Å². The molecule has 2 N–H and O–H groups in total. The van der Waals surface area contributed by atoms with Crippen LogP contribution in [0.1, 0.15) is 12.8 Å². The second-order valence-corrected chi connectivity index (χ2v) is 4.88. The predicted octanol–water partition coefficient (Wildman–Crippen LogP) is 0.556. The van der Waals surface area contributed by atoms with E-state index in [1.165, 1.54) is 12.2 Å². The summed E-state index contributed by atoms with van der Waals surface area (Å²) in [7, 11) is 0. The maximum Gasteiger partial charge on any atom is 0.320 e. The lowest BCUT2D eigenvalue weighted by Crippen LogP contribution is -2.30. The van der Waals surface area contributed by atoms with Crippen molar-refractivity contribution >= 4 is 17.7 Å². The number of rotatable bonds is 1. The van der Waals surface area contributed by atoms with Crippen molar-refractivity contribution in [3.63, 3.8) is 0 Å². The van der Waals surface area contributed by atoms with Crippen LogP contribution in [0.4, 0.5) is 0 Å². The fourth-order valence-corrected chi connectivity index (χ4v) is 3.56. The molecule has 2 aliphatic rings. The Kier molecular flexibility index (Phi) is 2.04. The van der Waals surface area contributed by atoms with Gasteiger partial charge in [-0.05, 0) is 24.0 Å². The summed E-state index contributed by atoms with van der Waals surface area (Å²) in [6, 6.07) is -0.288. The van der Waals surface area contributed by atoms with Crippen molar-refractivity contribution in [2.24, 2.45) is 5.41 Å². The van der Waals surface area contributed by atoms with Crippen LogP contribution in [0.15, 0.2) is 0 Å². The molecule has 68 valence electrons. The van der Waals surface area contributed by atoms with Crippen LogP contribution in [-0.4, -0.2) is 35.2 Å². The van der Waals surface area contributed by atoms with Gasteiger partial charge >= 0.3 is 5.97 Å². The smallest absolute Gasteiger partial charge is 0.320 e. The number of carboxylic acid groups (broad SMARTS) is 1. The maximum atomic E-state index is 10.7. The first-order valence-electron chi connectivity index (χ1n) is 4.26. The lowest BCUT2D eigenvalue weighted by molar-refractivity contribution is -0.139. The molecule has 0 saturated carbocycles. The van der Waals surface area contributed by atoms with Crippen molar-refractivity contribution in [3.05, 3.63) is 0 Å². The normalized spacial score (nSPS) is 40.8. The molecule has 2 aliphatic heterocycles. The Morgan fingerprint density at radius 3 is 3.00 bits per heavy atom. The molecule has 12 heavy (non-hydrogen) atoms. The summed E-state index contributed by atoms with van der Waals surface area (Å²) in [6.45, 7) is 0.900. The third-order valence-electron chi connectivity index (χ3n) is 2.84. The molecule has 0 radical (unpaired) electrons. The average molecular weight is 187 g/mol. The van der Waals surface area contributed by atoms with E-state index < -0.39 is 5.97 Å². The largest absolute Gasteiger partial charge is 0.480 e. The quantitative estimate of drug-likeness (QED) is 0.629. The Morgan fingerprint density at radius 2 is 2.50 bits per heavy atom. The molecule has 2 unspecified atom stereocenters. The zero-order valence-electron chi connectivity index (χ0n) is 6.88. The Morgan fingerprint density at radius 1 is 1.67 bits per heavy atom. The molecule has 2 fully saturated rings. The van der Waals surface area contributed by atoms with Gasteiger partial charge in [0.15, 0.2) is 0 Å². The van der Waals surface area contributed by atoms with Gasteiger partial charge in [0.25, 0.3) is 0 Å². The van der Waals surface area contributed by atoms with Crippen LogP contribution in [0.25, 0.3) is 0 Å². The third-order valence-corrected chi connectivity index (χ3v) is 4.15. The van der Waals surface area contributed by atoms with Crippen molar-refractivity contribution in [1.29, 1.82) is 0 Å². The molecule has 2 atom stereocenters. The van der Waals surface area contributed by atoms with E-state index in [4.69, 9.17) is 5.11 Å². The van der Waals surface area contributed by atoms with Gasteiger partial charge in [-0.3, -0.25) is 4.79 Å². The van der Waals surface area contributed by atoms with Gasteiger partial charge in [-0.15, -0.1) is 0 Å². The van der Waals surface area contributed by atoms with E-state index >= 15 is 0 Å². The Bertz CT molecular complexity index is 201. The summed E-state index contributed by atoms with van der Waals surface area (Å²) in [5.41, 5.74) is 0.313. The molecule has 0 aromatic rings. The zero-order valence-corrected chi connectivity index (χ0v) is 7.69. The van der Waals surface area contributed by atoms with Crippen molar-refractivity contribution < 1.29 is 9.90 Å². The Hall–Kier alpha value is -0.220. The molecule has 0 bridgehead atoms. The summed E-state index contributed by atoms with van der Waals surface area (Å²) in [5, 5.41) is 11.9. The minimum Gasteiger partial charge on any atom is -0.480 e.